The molecule has 102 valence electrons. The Kier molecular flexibility index (Phi) is 3.51. The van der Waals surface area contributed by atoms with E-state index in [9.17, 15) is 0 Å². The minimum Gasteiger partial charge on any atom is -0.331 e. The zero-order valence-electron chi connectivity index (χ0n) is 11.8. The first-order valence-electron chi connectivity index (χ1n) is 7.21. The van der Waals surface area contributed by atoms with Crippen molar-refractivity contribution >= 4 is 11.0 Å². The Labute approximate surface area is 114 Å². The summed E-state index contributed by atoms with van der Waals surface area (Å²) in [6, 6.07) is 2.04. The molecule has 1 aliphatic heterocycles. The molecule has 0 saturated carbocycles. The van der Waals surface area contributed by atoms with Gasteiger partial charge in [0.25, 0.3) is 0 Å². The number of nitrogens with one attached hydrogen (secondary N) is 1. The van der Waals surface area contributed by atoms with Crippen molar-refractivity contribution in [1.82, 2.24) is 19.9 Å². The highest BCUT2D eigenvalue weighted by atomic mass is 15.1. The van der Waals surface area contributed by atoms with Crippen molar-refractivity contribution in [2.24, 2.45) is 18.9 Å². The molecule has 4 heteroatoms. The molecule has 0 amide bonds. The van der Waals surface area contributed by atoms with E-state index in [0.717, 1.165) is 24.4 Å². The Morgan fingerprint density at radius 3 is 3.16 bits per heavy atom. The van der Waals surface area contributed by atoms with Crippen molar-refractivity contribution in [1.29, 1.82) is 0 Å². The van der Waals surface area contributed by atoms with E-state index in [2.05, 4.69) is 28.8 Å². The molecule has 3 rings (SSSR count). The number of piperidine rings is 1. The summed E-state index contributed by atoms with van der Waals surface area (Å²) in [6.07, 6.45) is 7.40. The maximum atomic E-state index is 4.73. The molecule has 1 aliphatic rings. The molecule has 4 nitrogen and oxygen atoms in total. The third-order valence-electron chi connectivity index (χ3n) is 4.42. The molecular formula is C15H22N4. The lowest BCUT2D eigenvalue weighted by Crippen LogP contribution is -2.34. The van der Waals surface area contributed by atoms with Gasteiger partial charge in [0.15, 0.2) is 0 Å². The second-order valence-electron chi connectivity index (χ2n) is 5.74. The highest BCUT2D eigenvalue weighted by Crippen LogP contribution is 2.24. The predicted octanol–water partition coefficient (Wildman–Crippen LogP) is 2.15. The van der Waals surface area contributed by atoms with E-state index in [-0.39, 0.29) is 0 Å². The molecule has 2 aromatic heterocycles. The van der Waals surface area contributed by atoms with Crippen LogP contribution in [0, 0.1) is 11.8 Å². The Hall–Kier alpha value is -1.42. The highest BCUT2D eigenvalue weighted by Gasteiger charge is 2.21. The van der Waals surface area contributed by atoms with Crippen molar-refractivity contribution in [2.75, 3.05) is 13.1 Å². The third-order valence-corrected chi connectivity index (χ3v) is 4.42. The molecule has 19 heavy (non-hydrogen) atoms. The van der Waals surface area contributed by atoms with Gasteiger partial charge in [-0.05, 0) is 43.8 Å². The van der Waals surface area contributed by atoms with Crippen LogP contribution in [0.3, 0.4) is 0 Å². The average Bonchev–Trinajstić information content (AvgIpc) is 2.77. The van der Waals surface area contributed by atoms with Gasteiger partial charge >= 0.3 is 0 Å². The normalized spacial score (nSPS) is 21.7. The van der Waals surface area contributed by atoms with Crippen LogP contribution in [0.5, 0.6) is 0 Å². The summed E-state index contributed by atoms with van der Waals surface area (Å²) >= 11 is 0. The van der Waals surface area contributed by atoms with Gasteiger partial charge in [0.2, 0.25) is 0 Å². The van der Waals surface area contributed by atoms with Crippen LogP contribution in [0.15, 0.2) is 18.5 Å². The summed E-state index contributed by atoms with van der Waals surface area (Å²) in [5.41, 5.74) is 2.19. The molecule has 0 radical (unpaired) electrons. The van der Waals surface area contributed by atoms with Crippen molar-refractivity contribution in [3.63, 3.8) is 0 Å². The van der Waals surface area contributed by atoms with Gasteiger partial charge in [0.1, 0.15) is 11.3 Å². The van der Waals surface area contributed by atoms with Gasteiger partial charge in [0.05, 0.1) is 11.7 Å². The van der Waals surface area contributed by atoms with E-state index in [0.29, 0.717) is 5.92 Å². The Balaban J connectivity index is 1.78. The molecule has 2 aromatic rings. The van der Waals surface area contributed by atoms with E-state index in [4.69, 9.17) is 4.98 Å². The van der Waals surface area contributed by atoms with Gasteiger partial charge in [-0.1, -0.05) is 6.92 Å². The molecule has 1 N–H and O–H groups in total. The van der Waals surface area contributed by atoms with Crippen LogP contribution >= 0.6 is 0 Å². The number of pyridine rings is 1. The molecule has 3 heterocycles. The molecule has 0 aliphatic carbocycles. The molecular weight excluding hydrogens is 236 g/mol. The fraction of sp³-hybridized carbons (Fsp3) is 0.600. The lowest BCUT2D eigenvalue weighted by Gasteiger charge is -2.28. The number of hydrogen-bond acceptors (Lipinski definition) is 3. The summed E-state index contributed by atoms with van der Waals surface area (Å²) in [5, 5.41) is 3.51. The van der Waals surface area contributed by atoms with Crippen LogP contribution in [0.25, 0.3) is 11.0 Å². The number of rotatable bonds is 3. The number of fused-ring (bicyclic) bond motifs is 1. The lowest BCUT2D eigenvalue weighted by atomic mass is 9.85. The summed E-state index contributed by atoms with van der Waals surface area (Å²) in [7, 11) is 2.11. The van der Waals surface area contributed by atoms with Crippen molar-refractivity contribution in [2.45, 2.75) is 26.2 Å². The number of aromatic nitrogens is 3. The number of nitrogens with zero attached hydrogens (tertiary/aromatic N) is 3. The molecule has 0 aromatic carbocycles. The SMILES string of the molecule is CC(Cc1nc2cnccc2n1C)C1CCCNC1. The van der Waals surface area contributed by atoms with Crippen LogP contribution in [0.1, 0.15) is 25.6 Å². The van der Waals surface area contributed by atoms with Crippen molar-refractivity contribution in [3.8, 4) is 0 Å². The number of imidazole rings is 1. The summed E-state index contributed by atoms with van der Waals surface area (Å²) in [5.74, 6) is 2.64. The Morgan fingerprint density at radius 1 is 1.53 bits per heavy atom. The Bertz CT molecular complexity index is 554. The predicted molar refractivity (Wildman–Crippen MR) is 77.0 cm³/mol. The quantitative estimate of drug-likeness (QED) is 0.917. The fourth-order valence-electron chi connectivity index (χ4n) is 3.10. The second kappa shape index (κ2) is 5.29. The minimum atomic E-state index is 0.677. The fourth-order valence-corrected chi connectivity index (χ4v) is 3.10. The first kappa shape index (κ1) is 12.6. The minimum absolute atomic E-state index is 0.677. The largest absolute Gasteiger partial charge is 0.331 e. The molecule has 0 bridgehead atoms. The number of aryl methyl sites for hydroxylation is 1. The zero-order valence-corrected chi connectivity index (χ0v) is 11.8. The molecule has 1 saturated heterocycles. The van der Waals surface area contributed by atoms with E-state index in [1.807, 2.05) is 18.5 Å². The zero-order chi connectivity index (χ0) is 13.2. The highest BCUT2D eigenvalue weighted by molar-refractivity contribution is 5.74. The van der Waals surface area contributed by atoms with E-state index in [1.165, 1.54) is 30.7 Å². The van der Waals surface area contributed by atoms with Crippen LogP contribution in [0.4, 0.5) is 0 Å². The van der Waals surface area contributed by atoms with Crippen LogP contribution in [-0.4, -0.2) is 27.6 Å². The third kappa shape index (κ3) is 2.50. The Morgan fingerprint density at radius 2 is 2.42 bits per heavy atom. The molecule has 2 unspecified atom stereocenters. The first-order valence-corrected chi connectivity index (χ1v) is 7.21. The summed E-state index contributed by atoms with van der Waals surface area (Å²) in [6.45, 7) is 4.70. The van der Waals surface area contributed by atoms with Gasteiger partial charge in [-0.3, -0.25) is 4.98 Å². The summed E-state index contributed by atoms with van der Waals surface area (Å²) in [4.78, 5) is 8.88. The topological polar surface area (TPSA) is 42.7 Å². The van der Waals surface area contributed by atoms with Gasteiger partial charge in [-0.25, -0.2) is 4.98 Å². The first-order chi connectivity index (χ1) is 9.25. The van der Waals surface area contributed by atoms with Crippen molar-refractivity contribution < 1.29 is 0 Å². The van der Waals surface area contributed by atoms with Crippen LogP contribution < -0.4 is 5.32 Å². The van der Waals surface area contributed by atoms with E-state index >= 15 is 0 Å². The summed E-state index contributed by atoms with van der Waals surface area (Å²) < 4.78 is 2.21. The van der Waals surface area contributed by atoms with Crippen LogP contribution in [0.2, 0.25) is 0 Å². The van der Waals surface area contributed by atoms with Gasteiger partial charge in [0, 0.05) is 19.7 Å². The van der Waals surface area contributed by atoms with Crippen LogP contribution in [-0.2, 0) is 13.5 Å². The lowest BCUT2D eigenvalue weighted by molar-refractivity contribution is 0.275. The van der Waals surface area contributed by atoms with Crippen molar-refractivity contribution in [3.05, 3.63) is 24.3 Å². The smallest absolute Gasteiger partial charge is 0.109 e. The average molecular weight is 258 g/mol. The van der Waals surface area contributed by atoms with E-state index < -0.39 is 0 Å². The van der Waals surface area contributed by atoms with Gasteiger partial charge in [-0.15, -0.1) is 0 Å². The van der Waals surface area contributed by atoms with Gasteiger partial charge < -0.3 is 9.88 Å². The maximum absolute atomic E-state index is 4.73. The molecule has 1 fully saturated rings. The molecule has 2 atom stereocenters. The van der Waals surface area contributed by atoms with E-state index in [1.54, 1.807) is 0 Å². The number of hydrogen-bond donors (Lipinski definition) is 1. The monoisotopic (exact) mass is 258 g/mol. The van der Waals surface area contributed by atoms with Gasteiger partial charge in [-0.2, -0.15) is 0 Å². The molecule has 0 spiro atoms. The standard InChI is InChI=1S/C15H22N4/c1-11(12-4-3-6-16-9-12)8-15-18-13-10-17-7-5-14(13)19(15)2/h5,7,10-12,16H,3-4,6,8-9H2,1-2H3. The second-order valence-corrected chi connectivity index (χ2v) is 5.74. The maximum Gasteiger partial charge on any atom is 0.109 e.